The highest BCUT2D eigenvalue weighted by Crippen LogP contribution is 2.43. The smallest absolute Gasteiger partial charge is 0.322 e. The molecule has 1 saturated heterocycles. The average molecular weight is 324 g/mol. The number of fused-ring (bicyclic) bond motifs is 4. The third-order valence-electron chi connectivity index (χ3n) is 5.03. The number of carbonyl (C=O) groups is 1. The molecule has 124 valence electrons. The van der Waals surface area contributed by atoms with Crippen molar-refractivity contribution in [3.8, 4) is 5.75 Å². The Hall–Kier alpha value is -2.63. The molecule has 6 heteroatoms. The van der Waals surface area contributed by atoms with Gasteiger partial charge in [0.05, 0.1) is 18.8 Å². The van der Waals surface area contributed by atoms with Gasteiger partial charge in [0.2, 0.25) is 0 Å². The van der Waals surface area contributed by atoms with Crippen molar-refractivity contribution in [2.75, 3.05) is 12.4 Å². The van der Waals surface area contributed by atoms with Crippen LogP contribution in [0.4, 0.5) is 10.5 Å². The SMILES string of the molecule is COc1ccc(NC(=O)N2C3CCC2c2cncnc2C3)c(C)c1. The number of nitrogens with zero attached hydrogens (tertiary/aromatic N) is 3. The molecule has 2 aliphatic heterocycles. The van der Waals surface area contributed by atoms with E-state index in [2.05, 4.69) is 15.3 Å². The number of aryl methyl sites for hydroxylation is 1. The molecule has 6 nitrogen and oxygen atoms in total. The second kappa shape index (κ2) is 5.78. The predicted molar refractivity (Wildman–Crippen MR) is 90.1 cm³/mol. The molecule has 2 aliphatic rings. The molecule has 2 bridgehead atoms. The van der Waals surface area contributed by atoms with Crippen molar-refractivity contribution in [1.29, 1.82) is 0 Å². The maximum atomic E-state index is 12.9. The molecule has 0 saturated carbocycles. The van der Waals surface area contributed by atoms with Crippen molar-refractivity contribution in [1.82, 2.24) is 14.9 Å². The van der Waals surface area contributed by atoms with Crippen LogP contribution in [0.2, 0.25) is 0 Å². The summed E-state index contributed by atoms with van der Waals surface area (Å²) >= 11 is 0. The number of rotatable bonds is 2. The zero-order chi connectivity index (χ0) is 16.7. The van der Waals surface area contributed by atoms with Gasteiger partial charge in [-0.05, 0) is 43.5 Å². The molecule has 1 fully saturated rings. The standard InChI is InChI=1S/C18H20N4O2/c1-11-7-13(24-2)4-5-15(11)21-18(23)22-12-3-6-17(22)14-9-19-10-20-16(14)8-12/h4-5,7,9-10,12,17H,3,6,8H2,1-2H3,(H,21,23). The van der Waals surface area contributed by atoms with E-state index in [0.29, 0.717) is 0 Å². The lowest BCUT2D eigenvalue weighted by atomic mass is 10.00. The Morgan fingerprint density at radius 2 is 2.25 bits per heavy atom. The number of urea groups is 1. The molecular formula is C18H20N4O2. The van der Waals surface area contributed by atoms with E-state index in [1.165, 1.54) is 0 Å². The number of methoxy groups -OCH3 is 1. The third kappa shape index (κ3) is 2.38. The number of benzene rings is 1. The summed E-state index contributed by atoms with van der Waals surface area (Å²) in [4.78, 5) is 23.4. The first-order valence-corrected chi connectivity index (χ1v) is 8.20. The maximum absolute atomic E-state index is 12.9. The molecule has 0 radical (unpaired) electrons. The van der Waals surface area contributed by atoms with Gasteiger partial charge in [0.25, 0.3) is 0 Å². The Bertz CT molecular complexity index is 792. The van der Waals surface area contributed by atoms with Gasteiger partial charge in [-0.2, -0.15) is 0 Å². The Labute approximate surface area is 140 Å². The number of anilines is 1. The zero-order valence-electron chi connectivity index (χ0n) is 13.8. The second-order valence-electron chi connectivity index (χ2n) is 6.39. The minimum absolute atomic E-state index is 0.0507. The largest absolute Gasteiger partial charge is 0.497 e. The lowest BCUT2D eigenvalue weighted by Gasteiger charge is -2.35. The van der Waals surface area contributed by atoms with Gasteiger partial charge in [0.1, 0.15) is 12.1 Å². The van der Waals surface area contributed by atoms with E-state index in [-0.39, 0.29) is 18.1 Å². The van der Waals surface area contributed by atoms with Gasteiger partial charge in [-0.25, -0.2) is 14.8 Å². The highest BCUT2D eigenvalue weighted by Gasteiger charge is 2.43. The first kappa shape index (κ1) is 14.9. The van der Waals surface area contributed by atoms with Crippen LogP contribution in [-0.4, -0.2) is 34.1 Å². The Morgan fingerprint density at radius 3 is 3.04 bits per heavy atom. The fourth-order valence-electron chi connectivity index (χ4n) is 3.82. The molecular weight excluding hydrogens is 304 g/mol. The summed E-state index contributed by atoms with van der Waals surface area (Å²) < 4.78 is 5.22. The van der Waals surface area contributed by atoms with Crippen LogP contribution in [-0.2, 0) is 6.42 Å². The summed E-state index contributed by atoms with van der Waals surface area (Å²) in [6.07, 6.45) is 6.24. The van der Waals surface area contributed by atoms with E-state index >= 15 is 0 Å². The fourth-order valence-corrected chi connectivity index (χ4v) is 3.82. The minimum Gasteiger partial charge on any atom is -0.497 e. The first-order valence-electron chi connectivity index (χ1n) is 8.20. The molecule has 1 aromatic carbocycles. The number of hydrogen-bond acceptors (Lipinski definition) is 4. The molecule has 2 amide bonds. The van der Waals surface area contributed by atoms with Crippen LogP contribution in [0.3, 0.4) is 0 Å². The van der Waals surface area contributed by atoms with Gasteiger partial charge in [0.15, 0.2) is 0 Å². The summed E-state index contributed by atoms with van der Waals surface area (Å²) in [5.74, 6) is 0.787. The molecule has 2 unspecified atom stereocenters. The number of nitrogens with one attached hydrogen (secondary N) is 1. The van der Waals surface area contributed by atoms with Crippen LogP contribution in [0.15, 0.2) is 30.7 Å². The highest BCUT2D eigenvalue weighted by molar-refractivity contribution is 5.91. The average Bonchev–Trinajstić information content (AvgIpc) is 2.92. The summed E-state index contributed by atoms with van der Waals surface area (Å²) in [6, 6.07) is 5.91. The third-order valence-corrected chi connectivity index (χ3v) is 5.03. The molecule has 2 aromatic rings. The Morgan fingerprint density at radius 1 is 1.38 bits per heavy atom. The molecule has 0 aliphatic carbocycles. The number of hydrogen-bond donors (Lipinski definition) is 1. The van der Waals surface area contributed by atoms with E-state index in [1.54, 1.807) is 13.4 Å². The second-order valence-corrected chi connectivity index (χ2v) is 6.39. The van der Waals surface area contributed by atoms with E-state index in [1.807, 2.05) is 36.2 Å². The van der Waals surface area contributed by atoms with Gasteiger partial charge in [-0.15, -0.1) is 0 Å². The van der Waals surface area contributed by atoms with Crippen LogP contribution in [0.5, 0.6) is 5.75 Å². The Kier molecular flexibility index (Phi) is 3.59. The summed E-state index contributed by atoms with van der Waals surface area (Å²) in [5.41, 5.74) is 3.97. The van der Waals surface area contributed by atoms with Crippen molar-refractivity contribution in [2.45, 2.75) is 38.3 Å². The zero-order valence-corrected chi connectivity index (χ0v) is 13.8. The van der Waals surface area contributed by atoms with Gasteiger partial charge in [-0.1, -0.05) is 0 Å². The van der Waals surface area contributed by atoms with Gasteiger partial charge in [0, 0.05) is 29.9 Å². The normalized spacial score (nSPS) is 21.3. The quantitative estimate of drug-likeness (QED) is 0.922. The van der Waals surface area contributed by atoms with E-state index in [0.717, 1.165) is 47.5 Å². The van der Waals surface area contributed by atoms with Crippen molar-refractivity contribution in [2.24, 2.45) is 0 Å². The molecule has 2 atom stereocenters. The van der Waals surface area contributed by atoms with E-state index < -0.39 is 0 Å². The maximum Gasteiger partial charge on any atom is 0.322 e. The summed E-state index contributed by atoms with van der Waals surface area (Å²) in [5, 5.41) is 3.05. The lowest BCUT2D eigenvalue weighted by Crippen LogP contribution is -2.44. The van der Waals surface area contributed by atoms with Crippen LogP contribution in [0, 0.1) is 6.92 Å². The number of carbonyl (C=O) groups excluding carboxylic acids is 1. The highest BCUT2D eigenvalue weighted by atomic mass is 16.5. The van der Waals surface area contributed by atoms with E-state index in [4.69, 9.17) is 4.74 Å². The first-order chi connectivity index (χ1) is 11.7. The van der Waals surface area contributed by atoms with Gasteiger partial charge >= 0.3 is 6.03 Å². The van der Waals surface area contributed by atoms with E-state index in [9.17, 15) is 4.79 Å². The van der Waals surface area contributed by atoms with Crippen molar-refractivity contribution >= 4 is 11.7 Å². The minimum atomic E-state index is -0.0507. The molecule has 24 heavy (non-hydrogen) atoms. The molecule has 4 rings (SSSR count). The van der Waals surface area contributed by atoms with Crippen molar-refractivity contribution in [3.05, 3.63) is 47.5 Å². The van der Waals surface area contributed by atoms with Crippen LogP contribution < -0.4 is 10.1 Å². The monoisotopic (exact) mass is 324 g/mol. The number of ether oxygens (including phenoxy) is 1. The molecule has 3 heterocycles. The Balaban J connectivity index is 1.58. The van der Waals surface area contributed by atoms with Crippen molar-refractivity contribution < 1.29 is 9.53 Å². The fraction of sp³-hybridized carbons (Fsp3) is 0.389. The van der Waals surface area contributed by atoms with Gasteiger partial charge < -0.3 is 15.0 Å². The topological polar surface area (TPSA) is 67.3 Å². The molecule has 0 spiro atoms. The van der Waals surface area contributed by atoms with Gasteiger partial charge in [-0.3, -0.25) is 0 Å². The number of aromatic nitrogens is 2. The summed E-state index contributed by atoms with van der Waals surface area (Å²) in [7, 11) is 1.64. The van der Waals surface area contributed by atoms with Crippen molar-refractivity contribution in [3.63, 3.8) is 0 Å². The summed E-state index contributed by atoms with van der Waals surface area (Å²) in [6.45, 7) is 1.96. The molecule has 1 aromatic heterocycles. The van der Waals surface area contributed by atoms with Crippen LogP contribution >= 0.6 is 0 Å². The number of amides is 2. The molecule has 1 N–H and O–H groups in total. The van der Waals surface area contributed by atoms with Crippen LogP contribution in [0.1, 0.15) is 35.7 Å². The van der Waals surface area contributed by atoms with Crippen LogP contribution in [0.25, 0.3) is 0 Å². The lowest BCUT2D eigenvalue weighted by molar-refractivity contribution is 0.178. The predicted octanol–water partition coefficient (Wildman–Crippen LogP) is 3.09.